The third kappa shape index (κ3) is 4.81. The maximum absolute atomic E-state index is 12.9. The van der Waals surface area contributed by atoms with Gasteiger partial charge in [0.05, 0.1) is 12.7 Å². The van der Waals surface area contributed by atoms with E-state index in [-0.39, 0.29) is 18.3 Å². The summed E-state index contributed by atoms with van der Waals surface area (Å²) in [6.45, 7) is 0.235. The number of hydrogen-bond donors (Lipinski definition) is 0. The standard InChI is InChI=1S/C18H18FNO4/c1-20(11-13-3-7-15(19)8-4-13)17(21)12-24-16-9-5-14(6-10-16)18(22)23-2/h3-10H,11-12H2,1-2H3. The van der Waals surface area contributed by atoms with Crippen molar-refractivity contribution in [3.63, 3.8) is 0 Å². The highest BCUT2D eigenvalue weighted by Gasteiger charge is 2.11. The molecule has 1 amide bonds. The van der Waals surface area contributed by atoms with Gasteiger partial charge in [-0.1, -0.05) is 12.1 Å². The van der Waals surface area contributed by atoms with E-state index in [1.807, 2.05) is 0 Å². The van der Waals surface area contributed by atoms with Gasteiger partial charge in [0.1, 0.15) is 11.6 Å². The van der Waals surface area contributed by atoms with Crippen LogP contribution in [0, 0.1) is 5.82 Å². The third-order valence-corrected chi connectivity index (χ3v) is 3.40. The maximum Gasteiger partial charge on any atom is 0.337 e. The Morgan fingerprint density at radius 3 is 2.25 bits per heavy atom. The summed E-state index contributed by atoms with van der Waals surface area (Å²) in [4.78, 5) is 24.9. The van der Waals surface area contributed by atoms with E-state index in [1.54, 1.807) is 43.4 Å². The van der Waals surface area contributed by atoms with E-state index in [9.17, 15) is 14.0 Å². The minimum absolute atomic E-state index is 0.130. The molecule has 126 valence electrons. The molecule has 0 saturated heterocycles. The predicted molar refractivity (Wildman–Crippen MR) is 86.2 cm³/mol. The van der Waals surface area contributed by atoms with Crippen LogP contribution < -0.4 is 4.74 Å². The topological polar surface area (TPSA) is 55.8 Å². The highest BCUT2D eigenvalue weighted by atomic mass is 19.1. The van der Waals surface area contributed by atoms with Gasteiger partial charge >= 0.3 is 5.97 Å². The van der Waals surface area contributed by atoms with Crippen LogP contribution in [0.15, 0.2) is 48.5 Å². The van der Waals surface area contributed by atoms with Crippen LogP contribution in [0.2, 0.25) is 0 Å². The van der Waals surface area contributed by atoms with Gasteiger partial charge in [0.15, 0.2) is 6.61 Å². The lowest BCUT2D eigenvalue weighted by Gasteiger charge is -2.17. The fraction of sp³-hybridized carbons (Fsp3) is 0.222. The number of rotatable bonds is 6. The van der Waals surface area contributed by atoms with E-state index in [2.05, 4.69) is 4.74 Å². The lowest BCUT2D eigenvalue weighted by Crippen LogP contribution is -2.30. The van der Waals surface area contributed by atoms with Gasteiger partial charge in [0, 0.05) is 13.6 Å². The maximum atomic E-state index is 12.9. The molecule has 0 aliphatic carbocycles. The molecule has 0 heterocycles. The Morgan fingerprint density at radius 1 is 1.04 bits per heavy atom. The van der Waals surface area contributed by atoms with Crippen molar-refractivity contribution in [1.82, 2.24) is 4.90 Å². The van der Waals surface area contributed by atoms with Crippen LogP contribution in [0.4, 0.5) is 4.39 Å². The van der Waals surface area contributed by atoms with Gasteiger partial charge < -0.3 is 14.4 Å². The van der Waals surface area contributed by atoms with Gasteiger partial charge in [-0.05, 0) is 42.0 Å². The molecule has 6 heteroatoms. The van der Waals surface area contributed by atoms with Crippen molar-refractivity contribution < 1.29 is 23.5 Å². The first kappa shape index (κ1) is 17.5. The minimum atomic E-state index is -0.434. The number of carbonyl (C=O) groups is 2. The molecule has 5 nitrogen and oxygen atoms in total. The average Bonchev–Trinajstić information content (AvgIpc) is 2.61. The fourth-order valence-corrected chi connectivity index (χ4v) is 2.01. The first-order valence-electron chi connectivity index (χ1n) is 7.29. The highest BCUT2D eigenvalue weighted by Crippen LogP contribution is 2.13. The third-order valence-electron chi connectivity index (χ3n) is 3.40. The second kappa shape index (κ2) is 8.10. The first-order valence-corrected chi connectivity index (χ1v) is 7.29. The molecule has 0 N–H and O–H groups in total. The largest absolute Gasteiger partial charge is 0.484 e. The van der Waals surface area contributed by atoms with Crippen LogP contribution in [-0.4, -0.2) is 37.5 Å². The van der Waals surface area contributed by atoms with Gasteiger partial charge in [-0.3, -0.25) is 4.79 Å². The van der Waals surface area contributed by atoms with Gasteiger partial charge in [-0.15, -0.1) is 0 Å². The molecule has 24 heavy (non-hydrogen) atoms. The van der Waals surface area contributed by atoms with Crippen LogP contribution in [0.25, 0.3) is 0 Å². The number of hydrogen-bond acceptors (Lipinski definition) is 4. The molecule has 0 atom stereocenters. The Hall–Kier alpha value is -2.89. The second-order valence-corrected chi connectivity index (χ2v) is 5.18. The van der Waals surface area contributed by atoms with Crippen molar-refractivity contribution >= 4 is 11.9 Å². The van der Waals surface area contributed by atoms with E-state index in [0.717, 1.165) is 5.56 Å². The van der Waals surface area contributed by atoms with Gasteiger partial charge in [-0.2, -0.15) is 0 Å². The SMILES string of the molecule is COC(=O)c1ccc(OCC(=O)N(C)Cc2ccc(F)cc2)cc1. The van der Waals surface area contributed by atoms with Gasteiger partial charge in [-0.25, -0.2) is 9.18 Å². The van der Waals surface area contributed by atoms with Gasteiger partial charge in [0.25, 0.3) is 5.91 Å². The highest BCUT2D eigenvalue weighted by molar-refractivity contribution is 5.89. The van der Waals surface area contributed by atoms with Crippen molar-refractivity contribution in [2.24, 2.45) is 0 Å². The summed E-state index contributed by atoms with van der Waals surface area (Å²) in [6.07, 6.45) is 0. The lowest BCUT2D eigenvalue weighted by molar-refractivity contribution is -0.132. The molecule has 0 aliphatic rings. The van der Waals surface area contributed by atoms with E-state index >= 15 is 0 Å². The molecule has 0 fully saturated rings. The number of ether oxygens (including phenoxy) is 2. The van der Waals surface area contributed by atoms with Crippen LogP contribution in [-0.2, 0) is 16.1 Å². The normalized spacial score (nSPS) is 10.1. The zero-order chi connectivity index (χ0) is 17.5. The van der Waals surface area contributed by atoms with Crippen LogP contribution in [0.5, 0.6) is 5.75 Å². The van der Waals surface area contributed by atoms with Gasteiger partial charge in [0.2, 0.25) is 0 Å². The summed E-state index contributed by atoms with van der Waals surface area (Å²) in [5.41, 5.74) is 1.24. The molecule has 2 aromatic carbocycles. The molecule has 2 aromatic rings. The molecule has 0 aliphatic heterocycles. The summed E-state index contributed by atoms with van der Waals surface area (Å²) in [5, 5.41) is 0. The van der Waals surface area contributed by atoms with Crippen molar-refractivity contribution in [2.75, 3.05) is 20.8 Å². The Kier molecular flexibility index (Phi) is 5.89. The minimum Gasteiger partial charge on any atom is -0.484 e. The Balaban J connectivity index is 1.85. The molecule has 0 unspecified atom stereocenters. The van der Waals surface area contributed by atoms with E-state index < -0.39 is 5.97 Å². The number of carbonyl (C=O) groups excluding carboxylic acids is 2. The Labute approximate surface area is 139 Å². The van der Waals surface area contributed by atoms with E-state index in [4.69, 9.17) is 4.74 Å². The lowest BCUT2D eigenvalue weighted by atomic mass is 10.2. The first-order chi connectivity index (χ1) is 11.5. The molecule has 0 radical (unpaired) electrons. The average molecular weight is 331 g/mol. The van der Waals surface area contributed by atoms with Crippen LogP contribution >= 0.6 is 0 Å². The van der Waals surface area contributed by atoms with Crippen molar-refractivity contribution in [1.29, 1.82) is 0 Å². The summed E-state index contributed by atoms with van der Waals surface area (Å²) in [6, 6.07) is 12.3. The van der Waals surface area contributed by atoms with Crippen molar-refractivity contribution in [2.45, 2.75) is 6.54 Å². The predicted octanol–water partition coefficient (Wildman–Crippen LogP) is 2.65. The molecule has 0 saturated carbocycles. The monoisotopic (exact) mass is 331 g/mol. The molecule has 0 bridgehead atoms. The molecular weight excluding hydrogens is 313 g/mol. The van der Waals surface area contributed by atoms with Crippen molar-refractivity contribution in [3.8, 4) is 5.75 Å². The summed E-state index contributed by atoms with van der Waals surface area (Å²) >= 11 is 0. The number of halogens is 1. The summed E-state index contributed by atoms with van der Waals surface area (Å²) in [5.74, 6) is -0.481. The van der Waals surface area contributed by atoms with Crippen LogP contribution in [0.1, 0.15) is 15.9 Å². The zero-order valence-corrected chi connectivity index (χ0v) is 13.5. The molecule has 2 rings (SSSR count). The number of amides is 1. The van der Waals surface area contributed by atoms with E-state index in [0.29, 0.717) is 17.9 Å². The molecule has 0 aromatic heterocycles. The molecular formula is C18H18FNO4. The number of likely N-dealkylation sites (N-methyl/N-ethyl adjacent to an activating group) is 1. The number of methoxy groups -OCH3 is 1. The van der Waals surface area contributed by atoms with Crippen molar-refractivity contribution in [3.05, 3.63) is 65.5 Å². The van der Waals surface area contributed by atoms with Crippen LogP contribution in [0.3, 0.4) is 0 Å². The molecule has 0 spiro atoms. The smallest absolute Gasteiger partial charge is 0.337 e. The number of benzene rings is 2. The summed E-state index contributed by atoms with van der Waals surface area (Å²) in [7, 11) is 2.96. The summed E-state index contributed by atoms with van der Waals surface area (Å²) < 4.78 is 22.9. The zero-order valence-electron chi connectivity index (χ0n) is 13.5. The fourth-order valence-electron chi connectivity index (χ4n) is 2.01. The Morgan fingerprint density at radius 2 is 1.67 bits per heavy atom. The van der Waals surface area contributed by atoms with E-state index in [1.165, 1.54) is 24.1 Å². The number of esters is 1. The quantitative estimate of drug-likeness (QED) is 0.764. The number of nitrogens with zero attached hydrogens (tertiary/aromatic N) is 1. The second-order valence-electron chi connectivity index (χ2n) is 5.18. The Bertz CT molecular complexity index is 698.